The normalized spacial score (nSPS) is 14.7. The van der Waals surface area contributed by atoms with Gasteiger partial charge in [0.25, 0.3) is 10.0 Å². The van der Waals surface area contributed by atoms with Crippen LogP contribution in [0.3, 0.4) is 0 Å². The fourth-order valence-electron chi connectivity index (χ4n) is 4.96. The van der Waals surface area contributed by atoms with Gasteiger partial charge in [-0.25, -0.2) is 8.42 Å². The molecule has 1 aliphatic rings. The quantitative estimate of drug-likeness (QED) is 0.270. The van der Waals surface area contributed by atoms with Crippen molar-refractivity contribution in [3.8, 4) is 0 Å². The number of halogens is 2. The number of nitrogens with one attached hydrogen (secondary N) is 1. The van der Waals surface area contributed by atoms with Gasteiger partial charge in [0.15, 0.2) is 0 Å². The van der Waals surface area contributed by atoms with Crippen molar-refractivity contribution in [2.45, 2.75) is 69.5 Å². The van der Waals surface area contributed by atoms with Gasteiger partial charge in [-0.2, -0.15) is 0 Å². The lowest BCUT2D eigenvalue weighted by Crippen LogP contribution is -2.53. The van der Waals surface area contributed by atoms with Crippen LogP contribution < -0.4 is 9.62 Å². The van der Waals surface area contributed by atoms with E-state index in [9.17, 15) is 18.0 Å². The molecule has 0 unspecified atom stereocenters. The molecule has 3 aromatic carbocycles. The highest BCUT2D eigenvalue weighted by molar-refractivity contribution is 9.10. The molecule has 1 aliphatic carbocycles. The molecule has 0 radical (unpaired) electrons. The number of amides is 2. The van der Waals surface area contributed by atoms with Crippen molar-refractivity contribution in [1.82, 2.24) is 10.2 Å². The molecular formula is C31H35BrClN3O4S. The zero-order valence-corrected chi connectivity index (χ0v) is 26.4. The third-order valence-electron chi connectivity index (χ3n) is 7.36. The molecule has 1 atom stereocenters. The first-order valence-corrected chi connectivity index (χ1v) is 16.3. The molecule has 3 aromatic rings. The lowest BCUT2D eigenvalue weighted by molar-refractivity contribution is -0.139. The number of hydrogen-bond acceptors (Lipinski definition) is 4. The van der Waals surface area contributed by atoms with Crippen LogP contribution in [-0.4, -0.2) is 43.8 Å². The van der Waals surface area contributed by atoms with Crippen molar-refractivity contribution in [2.75, 3.05) is 10.8 Å². The van der Waals surface area contributed by atoms with Gasteiger partial charge in [-0.3, -0.25) is 13.9 Å². The van der Waals surface area contributed by atoms with Crippen molar-refractivity contribution in [3.63, 3.8) is 0 Å². The zero-order chi connectivity index (χ0) is 29.6. The Labute approximate surface area is 256 Å². The molecule has 1 fully saturated rings. The second-order valence-corrected chi connectivity index (χ2v) is 13.7. The lowest BCUT2D eigenvalue weighted by atomic mass is 9.95. The topological polar surface area (TPSA) is 86.8 Å². The van der Waals surface area contributed by atoms with Gasteiger partial charge in [0.05, 0.1) is 10.6 Å². The molecule has 1 N–H and O–H groups in total. The standard InChI is InChI=1S/C31H35BrClN3O4S/c1-22-11-15-28(16-12-22)36(41(39,40)29-17-13-26(33)14-18-29)21-30(37)35(20-24-7-6-8-25(32)19-24)23(2)31(38)34-27-9-4-3-5-10-27/h6-8,11-19,23,27H,3-5,9-10,20-21H2,1-2H3,(H,34,38)/t23-/m0/s1. The molecule has 4 rings (SSSR count). The highest BCUT2D eigenvalue weighted by atomic mass is 79.9. The Bertz CT molecular complexity index is 1460. The second kappa shape index (κ2) is 13.9. The predicted molar refractivity (Wildman–Crippen MR) is 166 cm³/mol. The minimum atomic E-state index is -4.14. The molecule has 218 valence electrons. The molecular weight excluding hydrogens is 626 g/mol. The van der Waals surface area contributed by atoms with E-state index in [4.69, 9.17) is 11.6 Å². The molecule has 2 amide bonds. The lowest BCUT2D eigenvalue weighted by Gasteiger charge is -2.33. The number of carbonyl (C=O) groups is 2. The van der Waals surface area contributed by atoms with E-state index in [0.717, 1.165) is 52.0 Å². The summed E-state index contributed by atoms with van der Waals surface area (Å²) in [6.45, 7) is 3.25. The van der Waals surface area contributed by atoms with Gasteiger partial charge >= 0.3 is 0 Å². The molecule has 0 spiro atoms. The van der Waals surface area contributed by atoms with E-state index in [1.807, 2.05) is 31.2 Å². The van der Waals surface area contributed by atoms with Gasteiger partial charge in [-0.15, -0.1) is 0 Å². The highest BCUT2D eigenvalue weighted by Gasteiger charge is 2.33. The van der Waals surface area contributed by atoms with Crippen LogP contribution in [0, 0.1) is 6.92 Å². The number of benzene rings is 3. The van der Waals surface area contributed by atoms with Crippen LogP contribution in [0.4, 0.5) is 5.69 Å². The van der Waals surface area contributed by atoms with Crippen molar-refractivity contribution < 1.29 is 18.0 Å². The summed E-state index contributed by atoms with van der Waals surface area (Å²) in [5, 5.41) is 3.52. The number of nitrogens with zero attached hydrogens (tertiary/aromatic N) is 2. The van der Waals surface area contributed by atoms with Crippen LogP contribution in [-0.2, 0) is 26.2 Å². The summed E-state index contributed by atoms with van der Waals surface area (Å²) in [5.74, 6) is -0.739. The molecule has 0 bridgehead atoms. The maximum Gasteiger partial charge on any atom is 0.264 e. The van der Waals surface area contributed by atoms with E-state index in [1.54, 1.807) is 31.2 Å². The fourth-order valence-corrected chi connectivity index (χ4v) is 6.94. The van der Waals surface area contributed by atoms with Gasteiger partial charge in [0.2, 0.25) is 11.8 Å². The smallest absolute Gasteiger partial charge is 0.264 e. The Hall–Kier alpha value is -2.88. The van der Waals surface area contributed by atoms with Gasteiger partial charge in [0, 0.05) is 22.1 Å². The minimum Gasteiger partial charge on any atom is -0.352 e. The highest BCUT2D eigenvalue weighted by Crippen LogP contribution is 2.26. The number of hydrogen-bond donors (Lipinski definition) is 1. The fraction of sp³-hybridized carbons (Fsp3) is 0.355. The molecule has 10 heteroatoms. The summed E-state index contributed by atoms with van der Waals surface area (Å²) in [6.07, 6.45) is 5.12. The largest absolute Gasteiger partial charge is 0.352 e. The van der Waals surface area contributed by atoms with Crippen molar-refractivity contribution in [1.29, 1.82) is 0 Å². The van der Waals surface area contributed by atoms with E-state index in [1.165, 1.54) is 29.2 Å². The second-order valence-electron chi connectivity index (χ2n) is 10.5. The maximum absolute atomic E-state index is 14.1. The number of aryl methyl sites for hydroxylation is 1. The number of sulfonamides is 1. The van der Waals surface area contributed by atoms with E-state index >= 15 is 0 Å². The summed E-state index contributed by atoms with van der Waals surface area (Å²) in [4.78, 5) is 28.9. The minimum absolute atomic E-state index is 0.0110. The SMILES string of the molecule is Cc1ccc(N(CC(=O)N(Cc2cccc(Br)c2)[C@@H](C)C(=O)NC2CCCCC2)S(=O)(=O)c2ccc(Cl)cc2)cc1. The van der Waals surface area contributed by atoms with Crippen molar-refractivity contribution in [3.05, 3.63) is 93.4 Å². The first-order valence-electron chi connectivity index (χ1n) is 13.7. The van der Waals surface area contributed by atoms with E-state index < -0.39 is 28.5 Å². The van der Waals surface area contributed by atoms with Crippen LogP contribution in [0.1, 0.15) is 50.2 Å². The summed E-state index contributed by atoms with van der Waals surface area (Å²) in [7, 11) is -4.14. The van der Waals surface area contributed by atoms with Crippen LogP contribution in [0.5, 0.6) is 0 Å². The zero-order valence-electron chi connectivity index (χ0n) is 23.2. The first kappa shape index (κ1) is 31.1. The third kappa shape index (κ3) is 8.11. The van der Waals surface area contributed by atoms with Gasteiger partial charge < -0.3 is 10.2 Å². The van der Waals surface area contributed by atoms with Crippen LogP contribution in [0.2, 0.25) is 5.02 Å². The number of anilines is 1. The van der Waals surface area contributed by atoms with Crippen LogP contribution >= 0.6 is 27.5 Å². The summed E-state index contributed by atoms with van der Waals surface area (Å²) >= 11 is 9.49. The van der Waals surface area contributed by atoms with Crippen molar-refractivity contribution in [2.24, 2.45) is 0 Å². The van der Waals surface area contributed by atoms with Gasteiger partial charge in [0.1, 0.15) is 12.6 Å². The summed E-state index contributed by atoms with van der Waals surface area (Å²) in [6, 6.07) is 19.5. The molecule has 0 saturated heterocycles. The number of carbonyl (C=O) groups excluding carboxylic acids is 2. The molecule has 0 aromatic heterocycles. The maximum atomic E-state index is 14.1. The Morgan fingerprint density at radius 3 is 2.29 bits per heavy atom. The summed E-state index contributed by atoms with van der Waals surface area (Å²) in [5.41, 5.74) is 2.11. The Balaban J connectivity index is 1.67. The first-order chi connectivity index (χ1) is 19.5. The van der Waals surface area contributed by atoms with E-state index in [0.29, 0.717) is 10.7 Å². The van der Waals surface area contributed by atoms with E-state index in [2.05, 4.69) is 21.2 Å². The van der Waals surface area contributed by atoms with Crippen molar-refractivity contribution >= 4 is 55.1 Å². The van der Waals surface area contributed by atoms with E-state index in [-0.39, 0.29) is 23.4 Å². The molecule has 1 saturated carbocycles. The number of rotatable bonds is 10. The average Bonchev–Trinajstić information content (AvgIpc) is 2.95. The third-order valence-corrected chi connectivity index (χ3v) is 9.90. The Morgan fingerprint density at radius 1 is 1.00 bits per heavy atom. The average molecular weight is 661 g/mol. The van der Waals surface area contributed by atoms with Crippen LogP contribution in [0.15, 0.2) is 82.2 Å². The molecule has 7 nitrogen and oxygen atoms in total. The summed E-state index contributed by atoms with van der Waals surface area (Å²) < 4.78 is 29.7. The monoisotopic (exact) mass is 659 g/mol. The van der Waals surface area contributed by atoms with Crippen LogP contribution in [0.25, 0.3) is 0 Å². The molecule has 41 heavy (non-hydrogen) atoms. The Kier molecular flexibility index (Phi) is 10.5. The van der Waals surface area contributed by atoms with Gasteiger partial charge in [-0.1, -0.05) is 76.6 Å². The molecule has 0 aliphatic heterocycles. The van der Waals surface area contributed by atoms with Gasteiger partial charge in [-0.05, 0) is 80.8 Å². The Morgan fingerprint density at radius 2 is 1.66 bits per heavy atom. The molecule has 0 heterocycles. The predicted octanol–water partition coefficient (Wildman–Crippen LogP) is 6.47.